The molecule has 2 heterocycles. The third kappa shape index (κ3) is 4.11. The summed E-state index contributed by atoms with van der Waals surface area (Å²) in [6.45, 7) is 0. The Morgan fingerprint density at radius 2 is 1.59 bits per heavy atom. The predicted molar refractivity (Wildman–Crippen MR) is 190 cm³/mol. The third-order valence-corrected chi connectivity index (χ3v) is 10.1. The summed E-state index contributed by atoms with van der Waals surface area (Å²) in [5.74, 6) is 0.631. The van der Waals surface area contributed by atoms with Crippen molar-refractivity contribution in [3.05, 3.63) is 168 Å². The number of para-hydroxylation sites is 4. The highest BCUT2D eigenvalue weighted by Crippen LogP contribution is 2.54. The van der Waals surface area contributed by atoms with Crippen molar-refractivity contribution >= 4 is 44.5 Å². The van der Waals surface area contributed by atoms with Crippen LogP contribution in [0.15, 0.2) is 156 Å². The number of rotatable bonds is 4. The van der Waals surface area contributed by atoms with E-state index in [-0.39, 0.29) is 0 Å². The van der Waals surface area contributed by atoms with Gasteiger partial charge in [-0.3, -0.25) is 0 Å². The van der Waals surface area contributed by atoms with Crippen LogP contribution in [0.2, 0.25) is 0 Å². The second-order valence-electron chi connectivity index (χ2n) is 12.6. The van der Waals surface area contributed by atoms with Gasteiger partial charge in [0.1, 0.15) is 0 Å². The van der Waals surface area contributed by atoms with Crippen molar-refractivity contribution in [1.82, 2.24) is 4.57 Å². The molecule has 0 spiro atoms. The summed E-state index contributed by atoms with van der Waals surface area (Å²) < 4.78 is 2.49. The fourth-order valence-corrected chi connectivity index (χ4v) is 8.11. The Morgan fingerprint density at radius 3 is 2.46 bits per heavy atom. The summed E-state index contributed by atoms with van der Waals surface area (Å²) in [4.78, 5) is 2.50. The third-order valence-electron chi connectivity index (χ3n) is 10.1. The molecule has 1 aromatic heterocycles. The van der Waals surface area contributed by atoms with Gasteiger partial charge in [0.15, 0.2) is 0 Å². The molecule has 0 saturated heterocycles. The van der Waals surface area contributed by atoms with E-state index < -0.39 is 0 Å². The van der Waals surface area contributed by atoms with Crippen LogP contribution in [0.3, 0.4) is 0 Å². The summed E-state index contributed by atoms with van der Waals surface area (Å²) in [6, 6.07) is 37.7. The monoisotopic (exact) mass is 591 g/mol. The lowest BCUT2D eigenvalue weighted by molar-refractivity contribution is 0.709. The number of hydrogen-bond donors (Lipinski definition) is 0. The van der Waals surface area contributed by atoms with Gasteiger partial charge in [0.05, 0.1) is 17.1 Å². The summed E-state index contributed by atoms with van der Waals surface area (Å²) in [5.41, 5.74) is 13.6. The summed E-state index contributed by atoms with van der Waals surface area (Å²) in [6.07, 6.45) is 19.8. The number of allylic oxidation sites excluding steroid dienone is 12. The van der Waals surface area contributed by atoms with Crippen LogP contribution in [0.5, 0.6) is 0 Å². The lowest BCUT2D eigenvalue weighted by Gasteiger charge is -2.28. The highest BCUT2D eigenvalue weighted by molar-refractivity contribution is 6.14. The maximum atomic E-state index is 9.49. The van der Waals surface area contributed by atoms with Crippen LogP contribution in [-0.4, -0.2) is 4.57 Å². The van der Waals surface area contributed by atoms with Crippen LogP contribution >= 0.6 is 0 Å². The Kier molecular flexibility index (Phi) is 6.28. The molecular weight excluding hydrogens is 558 g/mol. The highest BCUT2D eigenvalue weighted by Gasteiger charge is 2.38. The van der Waals surface area contributed by atoms with Gasteiger partial charge in [-0.1, -0.05) is 109 Å². The minimum Gasteiger partial charge on any atom is -0.313 e. The number of fused-ring (bicyclic) bond motifs is 6. The fourth-order valence-electron chi connectivity index (χ4n) is 8.11. The number of aromatic nitrogens is 1. The number of nitrogens with zero attached hydrogens (tertiary/aromatic N) is 3. The van der Waals surface area contributed by atoms with E-state index in [9.17, 15) is 5.26 Å². The molecule has 0 bridgehead atoms. The molecule has 220 valence electrons. The fraction of sp³-hybridized carbons (Fsp3) is 0.140. The van der Waals surface area contributed by atoms with E-state index in [0.29, 0.717) is 11.8 Å². The van der Waals surface area contributed by atoms with E-state index in [1.165, 1.54) is 66.8 Å². The first-order valence-electron chi connectivity index (χ1n) is 16.4. The maximum absolute atomic E-state index is 9.49. The van der Waals surface area contributed by atoms with Gasteiger partial charge in [0, 0.05) is 62.1 Å². The molecule has 4 aromatic carbocycles. The molecule has 0 saturated carbocycles. The van der Waals surface area contributed by atoms with Gasteiger partial charge < -0.3 is 9.47 Å². The first-order chi connectivity index (χ1) is 22.8. The zero-order valence-corrected chi connectivity index (χ0v) is 25.6. The van der Waals surface area contributed by atoms with Gasteiger partial charge in [0.25, 0.3) is 0 Å². The standard InChI is InChI=1S/C43H33N3/c44-28-29-11-8-12-31(27-29)30-23-25-33(26-24-30)46-41-22-7-5-16-35(41)37-18-10-20-39(43(37)46)38-19-9-17-36-34-15-4-6-21-40(34)45(42(36)38)32-13-2-1-3-14-32/h1-7,9-11,13-16,18-23,25-27,30,36H,8,12,17,24H2. The van der Waals surface area contributed by atoms with Crippen molar-refractivity contribution in [3.8, 4) is 6.07 Å². The quantitative estimate of drug-likeness (QED) is 0.208. The molecule has 0 radical (unpaired) electrons. The highest BCUT2D eigenvalue weighted by atomic mass is 15.2. The zero-order chi connectivity index (χ0) is 30.6. The second-order valence-corrected chi connectivity index (χ2v) is 12.6. The van der Waals surface area contributed by atoms with Crippen molar-refractivity contribution in [2.24, 2.45) is 5.92 Å². The minimum absolute atomic E-state index is 0.301. The van der Waals surface area contributed by atoms with Gasteiger partial charge >= 0.3 is 0 Å². The van der Waals surface area contributed by atoms with Crippen molar-refractivity contribution < 1.29 is 0 Å². The van der Waals surface area contributed by atoms with Gasteiger partial charge in [-0.05, 0) is 67.7 Å². The Morgan fingerprint density at radius 1 is 0.761 bits per heavy atom. The summed E-state index contributed by atoms with van der Waals surface area (Å²) in [5, 5.41) is 12.0. The van der Waals surface area contributed by atoms with Crippen molar-refractivity contribution in [2.75, 3.05) is 4.90 Å². The van der Waals surface area contributed by atoms with E-state index in [1.54, 1.807) is 0 Å². The second kappa shape index (κ2) is 10.8. The van der Waals surface area contributed by atoms with Crippen LogP contribution in [-0.2, 0) is 0 Å². The lowest BCUT2D eigenvalue weighted by atomic mass is 9.85. The summed E-state index contributed by atoms with van der Waals surface area (Å²) in [7, 11) is 0. The first kappa shape index (κ1) is 26.8. The Bertz CT molecular complexity index is 2280. The first-order valence-corrected chi connectivity index (χ1v) is 16.4. The van der Waals surface area contributed by atoms with Crippen LogP contribution in [0.25, 0.3) is 33.1 Å². The van der Waals surface area contributed by atoms with Gasteiger partial charge in [0.2, 0.25) is 0 Å². The van der Waals surface area contributed by atoms with Crippen molar-refractivity contribution in [1.29, 1.82) is 5.26 Å². The zero-order valence-electron chi connectivity index (χ0n) is 25.6. The Balaban J connectivity index is 1.25. The molecule has 2 atom stereocenters. The average Bonchev–Trinajstić information content (AvgIpc) is 3.65. The van der Waals surface area contributed by atoms with Crippen molar-refractivity contribution in [3.63, 3.8) is 0 Å². The van der Waals surface area contributed by atoms with Crippen LogP contribution in [0, 0.1) is 17.2 Å². The number of hydrogen-bond acceptors (Lipinski definition) is 2. The molecule has 3 heteroatoms. The smallest absolute Gasteiger partial charge is 0.0988 e. The predicted octanol–water partition coefficient (Wildman–Crippen LogP) is 11.0. The van der Waals surface area contributed by atoms with E-state index in [2.05, 4.69) is 155 Å². The van der Waals surface area contributed by atoms with Gasteiger partial charge in [-0.15, -0.1) is 0 Å². The number of benzene rings is 4. The van der Waals surface area contributed by atoms with Crippen LogP contribution in [0.1, 0.15) is 42.7 Å². The van der Waals surface area contributed by atoms with Gasteiger partial charge in [-0.2, -0.15) is 5.26 Å². The topological polar surface area (TPSA) is 32.0 Å². The molecule has 2 unspecified atom stereocenters. The maximum Gasteiger partial charge on any atom is 0.0988 e. The average molecular weight is 592 g/mol. The molecule has 9 rings (SSSR count). The molecule has 5 aromatic rings. The van der Waals surface area contributed by atoms with Crippen LogP contribution < -0.4 is 4.90 Å². The normalized spacial score (nSPS) is 20.3. The number of nitriles is 1. The SMILES string of the molecule is N#CC1=CCCC(C2C=CC(n3c4ccccc4c4cccc(C5=C6C(CC=C5)c5ccccc5N6c5ccccc5)c43)=CC2)=C1. The molecule has 0 fully saturated rings. The molecule has 4 aliphatic rings. The van der Waals surface area contributed by atoms with Crippen LogP contribution in [0.4, 0.5) is 11.4 Å². The summed E-state index contributed by atoms with van der Waals surface area (Å²) >= 11 is 0. The lowest BCUT2D eigenvalue weighted by Crippen LogP contribution is -2.17. The van der Waals surface area contributed by atoms with Crippen molar-refractivity contribution in [2.45, 2.75) is 31.6 Å². The minimum atomic E-state index is 0.301. The molecule has 1 aliphatic heterocycles. The molecule has 3 aliphatic carbocycles. The Labute approximate surface area is 269 Å². The molecule has 0 amide bonds. The number of anilines is 2. The molecular formula is C43H33N3. The molecule has 0 N–H and O–H groups in total. The van der Waals surface area contributed by atoms with E-state index in [0.717, 1.165) is 31.3 Å². The molecule has 46 heavy (non-hydrogen) atoms. The largest absolute Gasteiger partial charge is 0.313 e. The van der Waals surface area contributed by atoms with E-state index >= 15 is 0 Å². The van der Waals surface area contributed by atoms with E-state index in [4.69, 9.17) is 0 Å². The van der Waals surface area contributed by atoms with Gasteiger partial charge in [-0.25, -0.2) is 0 Å². The Hall–Kier alpha value is -5.59. The molecule has 3 nitrogen and oxygen atoms in total. The van der Waals surface area contributed by atoms with E-state index in [1.807, 2.05) is 0 Å².